The number of hydrogen-bond donors (Lipinski definition) is 1. The number of amides is 1. The van der Waals surface area contributed by atoms with Gasteiger partial charge in [-0.05, 0) is 0 Å². The maximum absolute atomic E-state index is 11.4. The Morgan fingerprint density at radius 3 is 2.35 bits per heavy atom. The predicted molar refractivity (Wildman–Crippen MR) is 57.3 cm³/mol. The van der Waals surface area contributed by atoms with Crippen LogP contribution in [0.3, 0.4) is 0 Å². The highest BCUT2D eigenvalue weighted by atomic mass is 16.5. The average molecular weight is 247 g/mol. The van der Waals surface area contributed by atoms with E-state index < -0.39 is 24.5 Å². The molecule has 0 saturated carbocycles. The molecule has 0 aliphatic carbocycles. The van der Waals surface area contributed by atoms with Crippen molar-refractivity contribution in [2.75, 3.05) is 33.9 Å². The molecule has 0 aliphatic rings. The zero-order valence-electron chi connectivity index (χ0n) is 10.1. The van der Waals surface area contributed by atoms with E-state index >= 15 is 0 Å². The summed E-state index contributed by atoms with van der Waals surface area (Å²) in [6.45, 7) is 0.985. The largest absolute Gasteiger partial charge is 0.480 e. The highest BCUT2D eigenvalue weighted by molar-refractivity contribution is 5.79. The van der Waals surface area contributed by atoms with Crippen molar-refractivity contribution < 1.29 is 29.0 Å². The Morgan fingerprint density at radius 2 is 1.88 bits per heavy atom. The van der Waals surface area contributed by atoms with Crippen molar-refractivity contribution in [2.45, 2.75) is 6.92 Å². The van der Waals surface area contributed by atoms with E-state index in [9.17, 15) is 14.4 Å². The van der Waals surface area contributed by atoms with E-state index in [1.807, 2.05) is 0 Å². The summed E-state index contributed by atoms with van der Waals surface area (Å²) in [4.78, 5) is 34.0. The topological polar surface area (TPSA) is 93.1 Å². The van der Waals surface area contributed by atoms with Crippen LogP contribution in [0.4, 0.5) is 0 Å². The highest BCUT2D eigenvalue weighted by Gasteiger charge is 2.18. The number of nitrogens with zero attached hydrogens (tertiary/aromatic N) is 1. The molecule has 98 valence electrons. The number of carbonyl (C=O) groups is 3. The Bertz CT molecular complexity index is 291. The van der Waals surface area contributed by atoms with Gasteiger partial charge in [0.25, 0.3) is 0 Å². The molecule has 0 spiro atoms. The Labute approximate surface area is 99.3 Å². The van der Waals surface area contributed by atoms with E-state index in [4.69, 9.17) is 5.11 Å². The molecular formula is C10H17NO6. The molecule has 0 aromatic heterocycles. The van der Waals surface area contributed by atoms with Gasteiger partial charge < -0.3 is 19.5 Å². The first kappa shape index (κ1) is 15.4. The molecule has 0 fully saturated rings. The second-order valence-corrected chi connectivity index (χ2v) is 3.59. The van der Waals surface area contributed by atoms with Crippen LogP contribution >= 0.6 is 0 Å². The van der Waals surface area contributed by atoms with Gasteiger partial charge in [0, 0.05) is 13.6 Å². The summed E-state index contributed by atoms with van der Waals surface area (Å²) in [6, 6.07) is 0. The minimum Gasteiger partial charge on any atom is -0.480 e. The molecule has 0 radical (unpaired) electrons. The molecule has 7 heteroatoms. The van der Waals surface area contributed by atoms with Gasteiger partial charge in [-0.25, -0.2) is 4.79 Å². The van der Waals surface area contributed by atoms with Crippen LogP contribution < -0.4 is 0 Å². The lowest BCUT2D eigenvalue weighted by atomic mass is 10.2. The van der Waals surface area contributed by atoms with E-state index in [1.165, 1.54) is 19.1 Å². The van der Waals surface area contributed by atoms with E-state index in [0.29, 0.717) is 0 Å². The summed E-state index contributed by atoms with van der Waals surface area (Å²) in [5.74, 6) is -2.37. The lowest BCUT2D eigenvalue weighted by molar-refractivity contribution is -0.147. The van der Waals surface area contributed by atoms with Gasteiger partial charge in [-0.15, -0.1) is 0 Å². The Hall–Kier alpha value is -1.63. The number of esters is 1. The normalized spacial score (nSPS) is 11.7. The predicted octanol–water partition coefficient (Wildman–Crippen LogP) is -0.645. The minimum atomic E-state index is -1.14. The number of methoxy groups -OCH3 is 1. The molecule has 1 atom stereocenters. The first-order chi connectivity index (χ1) is 7.88. The van der Waals surface area contributed by atoms with Crippen molar-refractivity contribution in [2.24, 2.45) is 5.92 Å². The monoisotopic (exact) mass is 247 g/mol. The smallest absolute Gasteiger partial charge is 0.329 e. The third-order valence-corrected chi connectivity index (χ3v) is 2.03. The third kappa shape index (κ3) is 6.52. The Morgan fingerprint density at radius 1 is 1.29 bits per heavy atom. The van der Waals surface area contributed by atoms with E-state index in [2.05, 4.69) is 9.47 Å². The maximum atomic E-state index is 11.4. The SMILES string of the molecule is COC(=O)C(C)CN(C)C(=O)COCC(=O)O. The van der Waals surface area contributed by atoms with Gasteiger partial charge in [-0.3, -0.25) is 9.59 Å². The molecule has 0 rings (SSSR count). The lowest BCUT2D eigenvalue weighted by Crippen LogP contribution is -2.36. The molecule has 0 saturated heterocycles. The van der Waals surface area contributed by atoms with Crippen LogP contribution in [0.1, 0.15) is 6.92 Å². The highest BCUT2D eigenvalue weighted by Crippen LogP contribution is 2.01. The number of ether oxygens (including phenoxy) is 2. The molecule has 0 aromatic rings. The van der Waals surface area contributed by atoms with Crippen molar-refractivity contribution in [1.82, 2.24) is 4.90 Å². The summed E-state index contributed by atoms with van der Waals surface area (Å²) < 4.78 is 9.16. The van der Waals surface area contributed by atoms with Crippen molar-refractivity contribution in [3.8, 4) is 0 Å². The van der Waals surface area contributed by atoms with Crippen LogP contribution in [0.2, 0.25) is 0 Å². The summed E-state index contributed by atoms with van der Waals surface area (Å²) >= 11 is 0. The molecule has 0 heterocycles. The first-order valence-electron chi connectivity index (χ1n) is 4.99. The number of likely N-dealkylation sites (N-methyl/N-ethyl adjacent to an activating group) is 1. The van der Waals surface area contributed by atoms with Gasteiger partial charge in [0.05, 0.1) is 13.0 Å². The number of carboxylic acid groups (broad SMARTS) is 1. The van der Waals surface area contributed by atoms with Gasteiger partial charge >= 0.3 is 11.9 Å². The fourth-order valence-electron chi connectivity index (χ4n) is 1.12. The quantitative estimate of drug-likeness (QED) is 0.601. The van der Waals surface area contributed by atoms with Crippen LogP contribution in [0, 0.1) is 5.92 Å². The van der Waals surface area contributed by atoms with E-state index in [-0.39, 0.29) is 19.1 Å². The third-order valence-electron chi connectivity index (χ3n) is 2.03. The fourth-order valence-corrected chi connectivity index (χ4v) is 1.12. The summed E-state index contributed by atoms with van der Waals surface area (Å²) in [6.07, 6.45) is 0. The number of aliphatic carboxylic acids is 1. The van der Waals surface area contributed by atoms with Gasteiger partial charge in [-0.2, -0.15) is 0 Å². The van der Waals surface area contributed by atoms with Gasteiger partial charge in [0.2, 0.25) is 5.91 Å². The summed E-state index contributed by atoms with van der Waals surface area (Å²) in [5, 5.41) is 8.30. The summed E-state index contributed by atoms with van der Waals surface area (Å²) in [5.41, 5.74) is 0. The molecule has 1 unspecified atom stereocenters. The molecule has 7 nitrogen and oxygen atoms in total. The molecular weight excluding hydrogens is 230 g/mol. The van der Waals surface area contributed by atoms with Crippen molar-refractivity contribution in [1.29, 1.82) is 0 Å². The molecule has 0 aromatic carbocycles. The summed E-state index contributed by atoms with van der Waals surface area (Å²) in [7, 11) is 2.78. The van der Waals surface area contributed by atoms with Crippen LogP contribution in [-0.2, 0) is 23.9 Å². The lowest BCUT2D eigenvalue weighted by Gasteiger charge is -2.20. The van der Waals surface area contributed by atoms with Crippen LogP contribution in [-0.4, -0.2) is 61.8 Å². The standard InChI is InChI=1S/C10H17NO6/c1-7(10(15)16-3)4-11(2)8(12)5-17-6-9(13)14/h7H,4-6H2,1-3H3,(H,13,14). The second kappa shape index (κ2) is 7.61. The number of carboxylic acids is 1. The van der Waals surface area contributed by atoms with Gasteiger partial charge in [0.15, 0.2) is 0 Å². The first-order valence-corrected chi connectivity index (χ1v) is 4.99. The van der Waals surface area contributed by atoms with Gasteiger partial charge in [0.1, 0.15) is 13.2 Å². The van der Waals surface area contributed by atoms with Crippen LogP contribution in [0.25, 0.3) is 0 Å². The molecule has 1 amide bonds. The zero-order valence-corrected chi connectivity index (χ0v) is 10.1. The van der Waals surface area contributed by atoms with Crippen LogP contribution in [0.15, 0.2) is 0 Å². The van der Waals surface area contributed by atoms with E-state index in [0.717, 1.165) is 0 Å². The van der Waals surface area contributed by atoms with Crippen molar-refractivity contribution >= 4 is 17.8 Å². The number of hydrogen-bond acceptors (Lipinski definition) is 5. The second-order valence-electron chi connectivity index (χ2n) is 3.59. The molecule has 1 N–H and O–H groups in total. The van der Waals surface area contributed by atoms with Gasteiger partial charge in [-0.1, -0.05) is 6.92 Å². The molecule has 0 bridgehead atoms. The van der Waals surface area contributed by atoms with Crippen LogP contribution in [0.5, 0.6) is 0 Å². The molecule has 0 aliphatic heterocycles. The van der Waals surface area contributed by atoms with Crippen molar-refractivity contribution in [3.63, 3.8) is 0 Å². The maximum Gasteiger partial charge on any atom is 0.329 e. The zero-order chi connectivity index (χ0) is 13.4. The Kier molecular flexibility index (Phi) is 6.88. The number of rotatable bonds is 7. The average Bonchev–Trinajstić information content (AvgIpc) is 2.26. The minimum absolute atomic E-state index is 0.196. The van der Waals surface area contributed by atoms with Crippen molar-refractivity contribution in [3.05, 3.63) is 0 Å². The fraction of sp³-hybridized carbons (Fsp3) is 0.700. The molecule has 17 heavy (non-hydrogen) atoms. The number of carbonyl (C=O) groups excluding carboxylic acids is 2. The van der Waals surface area contributed by atoms with E-state index in [1.54, 1.807) is 6.92 Å². The Balaban J connectivity index is 3.96.